The molecule has 7 heteroatoms. The molecule has 7 nitrogen and oxygen atoms in total. The molecule has 0 radical (unpaired) electrons. The van der Waals surface area contributed by atoms with Gasteiger partial charge in [0.15, 0.2) is 5.65 Å². The second-order valence-corrected chi connectivity index (χ2v) is 7.38. The number of hydrogen-bond donors (Lipinski definition) is 1. The Kier molecular flexibility index (Phi) is 4.07. The largest absolute Gasteiger partial charge is 0.306 e. The summed E-state index contributed by atoms with van der Waals surface area (Å²) in [6.07, 6.45) is 5.56. The van der Waals surface area contributed by atoms with Crippen molar-refractivity contribution in [1.82, 2.24) is 29.7 Å². The number of aromatic nitrogens is 6. The lowest BCUT2D eigenvalue weighted by Gasteiger charge is -2.19. The molecule has 0 amide bonds. The van der Waals surface area contributed by atoms with Gasteiger partial charge in [-0.2, -0.15) is 5.10 Å². The van der Waals surface area contributed by atoms with Crippen molar-refractivity contribution >= 4 is 11.0 Å². The second kappa shape index (κ2) is 6.42. The zero-order valence-electron chi connectivity index (χ0n) is 15.5. The van der Waals surface area contributed by atoms with Crippen LogP contribution in [0.25, 0.3) is 22.4 Å². The van der Waals surface area contributed by atoms with Gasteiger partial charge in [0.1, 0.15) is 11.2 Å². The SMILES string of the molecule is CC(C)(C)n1nc(Cc2ccccn2)c2c(=O)[nH]c(-c3ccncc3)nc21. The standard InChI is InChI=1S/C20H20N6O/c1-20(2,3)26-18-16(15(25-26)12-14-6-4-5-9-22-14)19(27)24-17(23-18)13-7-10-21-11-8-13/h4-11H,12H2,1-3H3,(H,23,24,27). The number of fused-ring (bicyclic) bond motifs is 1. The number of pyridine rings is 2. The first-order valence-corrected chi connectivity index (χ1v) is 8.76. The van der Waals surface area contributed by atoms with Gasteiger partial charge in [0.25, 0.3) is 5.56 Å². The van der Waals surface area contributed by atoms with Crippen molar-refractivity contribution in [2.45, 2.75) is 32.7 Å². The smallest absolute Gasteiger partial charge is 0.262 e. The molecule has 0 unspecified atom stereocenters. The number of nitrogens with one attached hydrogen (secondary N) is 1. The van der Waals surface area contributed by atoms with E-state index >= 15 is 0 Å². The van der Waals surface area contributed by atoms with E-state index in [-0.39, 0.29) is 11.1 Å². The molecule has 0 aliphatic rings. The molecule has 4 aromatic heterocycles. The van der Waals surface area contributed by atoms with E-state index in [1.807, 2.05) is 55.8 Å². The Morgan fingerprint density at radius 3 is 2.52 bits per heavy atom. The van der Waals surface area contributed by atoms with Crippen LogP contribution >= 0.6 is 0 Å². The van der Waals surface area contributed by atoms with E-state index in [4.69, 9.17) is 10.1 Å². The maximum Gasteiger partial charge on any atom is 0.262 e. The Labute approximate surface area is 156 Å². The molecule has 0 aliphatic carbocycles. The van der Waals surface area contributed by atoms with Crippen molar-refractivity contribution in [1.29, 1.82) is 0 Å². The summed E-state index contributed by atoms with van der Waals surface area (Å²) < 4.78 is 1.82. The molecule has 0 saturated heterocycles. The minimum atomic E-state index is -0.322. The monoisotopic (exact) mass is 360 g/mol. The molecule has 136 valence electrons. The third kappa shape index (κ3) is 3.23. The maximum atomic E-state index is 12.9. The molecule has 1 N–H and O–H groups in total. The van der Waals surface area contributed by atoms with Gasteiger partial charge in [-0.25, -0.2) is 9.67 Å². The minimum absolute atomic E-state index is 0.201. The van der Waals surface area contributed by atoms with E-state index in [0.29, 0.717) is 29.0 Å². The average molecular weight is 360 g/mol. The van der Waals surface area contributed by atoms with Crippen LogP contribution in [0.5, 0.6) is 0 Å². The van der Waals surface area contributed by atoms with Gasteiger partial charge in [0, 0.05) is 36.3 Å². The molecular formula is C20H20N6O. The fourth-order valence-electron chi connectivity index (χ4n) is 3.00. The molecule has 0 saturated carbocycles. The van der Waals surface area contributed by atoms with Crippen LogP contribution in [0.2, 0.25) is 0 Å². The van der Waals surface area contributed by atoms with E-state index in [9.17, 15) is 4.79 Å². The molecule has 27 heavy (non-hydrogen) atoms. The fraction of sp³-hybridized carbons (Fsp3) is 0.250. The molecule has 0 fully saturated rings. The molecular weight excluding hydrogens is 340 g/mol. The summed E-state index contributed by atoms with van der Waals surface area (Å²) in [6.45, 7) is 6.12. The third-order valence-corrected chi connectivity index (χ3v) is 4.27. The van der Waals surface area contributed by atoms with Gasteiger partial charge < -0.3 is 4.98 Å². The molecule has 4 heterocycles. The number of aromatic amines is 1. The lowest BCUT2D eigenvalue weighted by atomic mass is 10.1. The average Bonchev–Trinajstić information content (AvgIpc) is 3.02. The fourth-order valence-corrected chi connectivity index (χ4v) is 3.00. The quantitative estimate of drug-likeness (QED) is 0.607. The highest BCUT2D eigenvalue weighted by Gasteiger charge is 2.24. The van der Waals surface area contributed by atoms with Crippen molar-refractivity contribution in [3.63, 3.8) is 0 Å². The minimum Gasteiger partial charge on any atom is -0.306 e. The van der Waals surface area contributed by atoms with Gasteiger partial charge >= 0.3 is 0 Å². The van der Waals surface area contributed by atoms with E-state index in [2.05, 4.69) is 15.0 Å². The number of hydrogen-bond acceptors (Lipinski definition) is 5. The van der Waals surface area contributed by atoms with Gasteiger partial charge in [0.2, 0.25) is 0 Å². The van der Waals surface area contributed by atoms with Crippen molar-refractivity contribution in [3.05, 3.63) is 70.7 Å². The summed E-state index contributed by atoms with van der Waals surface area (Å²) in [7, 11) is 0. The summed E-state index contributed by atoms with van der Waals surface area (Å²) in [4.78, 5) is 28.9. The van der Waals surface area contributed by atoms with Crippen LogP contribution in [0.1, 0.15) is 32.2 Å². The predicted molar refractivity (Wildman–Crippen MR) is 103 cm³/mol. The van der Waals surface area contributed by atoms with Crippen LogP contribution in [0, 0.1) is 0 Å². The molecule has 0 bridgehead atoms. The Morgan fingerprint density at radius 1 is 1.07 bits per heavy atom. The molecule has 0 aliphatic heterocycles. The van der Waals surface area contributed by atoms with Crippen LogP contribution in [-0.4, -0.2) is 29.7 Å². The first-order chi connectivity index (χ1) is 12.9. The van der Waals surface area contributed by atoms with E-state index < -0.39 is 0 Å². The molecule has 4 aromatic rings. The number of rotatable bonds is 3. The highest BCUT2D eigenvalue weighted by molar-refractivity contribution is 5.79. The first kappa shape index (κ1) is 17.1. The van der Waals surface area contributed by atoms with Crippen LogP contribution < -0.4 is 5.56 Å². The zero-order chi connectivity index (χ0) is 19.0. The molecule has 0 aromatic carbocycles. The molecule has 4 rings (SSSR count). The number of H-pyrrole nitrogens is 1. The lowest BCUT2D eigenvalue weighted by Crippen LogP contribution is -2.24. The topological polar surface area (TPSA) is 89.4 Å². The highest BCUT2D eigenvalue weighted by Crippen LogP contribution is 2.24. The Balaban J connectivity index is 1.95. The van der Waals surface area contributed by atoms with E-state index in [0.717, 1.165) is 11.3 Å². The highest BCUT2D eigenvalue weighted by atomic mass is 16.1. The van der Waals surface area contributed by atoms with Gasteiger partial charge in [0.05, 0.1) is 11.2 Å². The summed E-state index contributed by atoms with van der Waals surface area (Å²) in [5, 5.41) is 5.24. The van der Waals surface area contributed by atoms with Gasteiger partial charge in [-0.1, -0.05) is 6.07 Å². The van der Waals surface area contributed by atoms with E-state index in [1.165, 1.54) is 0 Å². The van der Waals surface area contributed by atoms with Crippen LogP contribution in [0.3, 0.4) is 0 Å². The summed E-state index contributed by atoms with van der Waals surface area (Å²) in [5.74, 6) is 0.504. The van der Waals surface area contributed by atoms with Gasteiger partial charge in [-0.05, 0) is 45.0 Å². The first-order valence-electron chi connectivity index (χ1n) is 8.76. The maximum absolute atomic E-state index is 12.9. The lowest BCUT2D eigenvalue weighted by molar-refractivity contribution is 0.363. The zero-order valence-corrected chi connectivity index (χ0v) is 15.5. The normalized spacial score (nSPS) is 11.8. The van der Waals surface area contributed by atoms with Crippen LogP contribution in [0.4, 0.5) is 0 Å². The Morgan fingerprint density at radius 2 is 1.85 bits per heavy atom. The molecule has 0 spiro atoms. The number of nitrogens with zero attached hydrogens (tertiary/aromatic N) is 5. The van der Waals surface area contributed by atoms with Gasteiger partial charge in [-0.3, -0.25) is 14.8 Å². The third-order valence-electron chi connectivity index (χ3n) is 4.27. The van der Waals surface area contributed by atoms with Crippen LogP contribution in [-0.2, 0) is 12.0 Å². The van der Waals surface area contributed by atoms with Crippen molar-refractivity contribution in [2.24, 2.45) is 0 Å². The predicted octanol–water partition coefficient (Wildman–Crippen LogP) is 2.92. The van der Waals surface area contributed by atoms with E-state index in [1.54, 1.807) is 18.6 Å². The van der Waals surface area contributed by atoms with Crippen molar-refractivity contribution in [3.8, 4) is 11.4 Å². The van der Waals surface area contributed by atoms with Crippen molar-refractivity contribution in [2.75, 3.05) is 0 Å². The summed E-state index contributed by atoms with van der Waals surface area (Å²) >= 11 is 0. The van der Waals surface area contributed by atoms with Gasteiger partial charge in [-0.15, -0.1) is 0 Å². The summed E-state index contributed by atoms with van der Waals surface area (Å²) in [6, 6.07) is 9.35. The second-order valence-electron chi connectivity index (χ2n) is 7.38. The van der Waals surface area contributed by atoms with Crippen LogP contribution in [0.15, 0.2) is 53.7 Å². The Bertz CT molecular complexity index is 1140. The molecule has 0 atom stereocenters. The Hall–Kier alpha value is -3.35. The van der Waals surface area contributed by atoms with Crippen molar-refractivity contribution < 1.29 is 0 Å². The summed E-state index contributed by atoms with van der Waals surface area (Å²) in [5.41, 5.74) is 2.38.